The molecule has 0 fully saturated rings. The first kappa shape index (κ1) is 12.7. The molecule has 0 radical (unpaired) electrons. The van der Waals surface area contributed by atoms with Gasteiger partial charge in [-0.3, -0.25) is 4.98 Å². The number of hydrogen-bond donors (Lipinski definition) is 1. The van der Waals surface area contributed by atoms with Crippen molar-refractivity contribution in [1.82, 2.24) is 15.1 Å². The van der Waals surface area contributed by atoms with E-state index >= 15 is 0 Å². The maximum absolute atomic E-state index is 8.71. The highest BCUT2D eigenvalue weighted by atomic mass is 16.5. The van der Waals surface area contributed by atoms with Gasteiger partial charge >= 0.3 is 0 Å². The number of aryl methyl sites for hydroxylation is 3. The lowest BCUT2D eigenvalue weighted by Gasteiger charge is -2.00. The minimum Gasteiger partial charge on any atom is -0.396 e. The van der Waals surface area contributed by atoms with Crippen LogP contribution in [-0.2, 0) is 6.42 Å². The molecule has 0 aromatic carbocycles. The van der Waals surface area contributed by atoms with Gasteiger partial charge in [0.1, 0.15) is 5.69 Å². The van der Waals surface area contributed by atoms with E-state index in [1.54, 1.807) is 6.20 Å². The average molecular weight is 247 g/mol. The normalized spacial score (nSPS) is 10.8. The number of rotatable bonds is 5. The molecule has 0 aliphatic rings. The lowest BCUT2D eigenvalue weighted by Crippen LogP contribution is -1.92. The first-order valence-electron chi connectivity index (χ1n) is 6.08. The number of aromatic nitrogens is 3. The van der Waals surface area contributed by atoms with Crippen molar-refractivity contribution < 1.29 is 9.63 Å². The average Bonchev–Trinajstić information content (AvgIpc) is 2.78. The highest BCUT2D eigenvalue weighted by Gasteiger charge is 2.11. The second-order valence-corrected chi connectivity index (χ2v) is 4.37. The number of nitrogens with zero attached hydrogens (tertiary/aromatic N) is 3. The third kappa shape index (κ3) is 2.92. The Kier molecular flexibility index (Phi) is 4.04. The van der Waals surface area contributed by atoms with E-state index < -0.39 is 0 Å². The molecule has 2 rings (SSSR count). The summed E-state index contributed by atoms with van der Waals surface area (Å²) in [6.45, 7) is 4.18. The third-order valence-corrected chi connectivity index (χ3v) is 2.69. The van der Waals surface area contributed by atoms with Gasteiger partial charge < -0.3 is 9.63 Å². The Labute approximate surface area is 106 Å². The van der Waals surface area contributed by atoms with Gasteiger partial charge in [-0.05, 0) is 37.8 Å². The monoisotopic (exact) mass is 247 g/mol. The van der Waals surface area contributed by atoms with Crippen LogP contribution in [0.2, 0.25) is 0 Å². The van der Waals surface area contributed by atoms with Gasteiger partial charge in [0.15, 0.2) is 0 Å². The number of aliphatic hydroxyl groups is 1. The molecule has 2 aromatic heterocycles. The van der Waals surface area contributed by atoms with Crippen LogP contribution >= 0.6 is 0 Å². The Balaban J connectivity index is 2.13. The smallest absolute Gasteiger partial charge is 0.227 e. The molecule has 5 nitrogen and oxygen atoms in total. The quantitative estimate of drug-likeness (QED) is 0.819. The van der Waals surface area contributed by atoms with E-state index in [9.17, 15) is 0 Å². The molecule has 2 heterocycles. The van der Waals surface area contributed by atoms with E-state index in [1.807, 2.05) is 19.9 Å². The highest BCUT2D eigenvalue weighted by Crippen LogP contribution is 2.18. The molecule has 0 aliphatic heterocycles. The van der Waals surface area contributed by atoms with Crippen molar-refractivity contribution in [3.63, 3.8) is 0 Å². The van der Waals surface area contributed by atoms with Gasteiger partial charge in [-0.25, -0.2) is 0 Å². The van der Waals surface area contributed by atoms with E-state index in [0.717, 1.165) is 29.7 Å². The number of unbranched alkanes of at least 4 members (excludes halogenated alkanes) is 1. The van der Waals surface area contributed by atoms with E-state index in [-0.39, 0.29) is 6.61 Å². The van der Waals surface area contributed by atoms with Crippen molar-refractivity contribution in [3.8, 4) is 11.5 Å². The van der Waals surface area contributed by atoms with Gasteiger partial charge in [0.05, 0.1) is 0 Å². The lowest BCUT2D eigenvalue weighted by atomic mass is 10.1. The SMILES string of the molecule is Cc1cnc(-c2noc(CCCCO)n2)c(C)c1. The number of hydrogen-bond acceptors (Lipinski definition) is 5. The summed E-state index contributed by atoms with van der Waals surface area (Å²) >= 11 is 0. The Morgan fingerprint density at radius 3 is 2.83 bits per heavy atom. The Hall–Kier alpha value is -1.75. The maximum Gasteiger partial charge on any atom is 0.227 e. The van der Waals surface area contributed by atoms with Crippen molar-refractivity contribution in [3.05, 3.63) is 29.3 Å². The summed E-state index contributed by atoms with van der Waals surface area (Å²) in [5, 5.41) is 12.7. The Morgan fingerprint density at radius 1 is 1.28 bits per heavy atom. The van der Waals surface area contributed by atoms with Gasteiger partial charge in [-0.15, -0.1) is 0 Å². The zero-order valence-electron chi connectivity index (χ0n) is 10.7. The van der Waals surface area contributed by atoms with Crippen LogP contribution in [0.15, 0.2) is 16.8 Å². The molecule has 96 valence electrons. The zero-order valence-corrected chi connectivity index (χ0v) is 10.7. The number of aliphatic hydroxyl groups excluding tert-OH is 1. The molecule has 0 bridgehead atoms. The zero-order chi connectivity index (χ0) is 13.0. The predicted molar refractivity (Wildman–Crippen MR) is 67.0 cm³/mol. The molecule has 0 atom stereocenters. The fourth-order valence-electron chi connectivity index (χ4n) is 1.79. The summed E-state index contributed by atoms with van der Waals surface area (Å²) in [5.41, 5.74) is 2.92. The van der Waals surface area contributed by atoms with Gasteiger partial charge in [-0.1, -0.05) is 11.2 Å². The summed E-state index contributed by atoms with van der Waals surface area (Å²) in [5.74, 6) is 1.13. The lowest BCUT2D eigenvalue weighted by molar-refractivity contribution is 0.281. The molecular formula is C13H17N3O2. The van der Waals surface area contributed by atoms with Gasteiger partial charge in [-0.2, -0.15) is 4.98 Å². The van der Waals surface area contributed by atoms with E-state index in [4.69, 9.17) is 9.63 Å². The van der Waals surface area contributed by atoms with Crippen molar-refractivity contribution in [2.45, 2.75) is 33.1 Å². The van der Waals surface area contributed by atoms with Crippen LogP contribution in [0.3, 0.4) is 0 Å². The van der Waals surface area contributed by atoms with E-state index in [1.165, 1.54) is 0 Å². The van der Waals surface area contributed by atoms with Gasteiger partial charge in [0.25, 0.3) is 0 Å². The maximum atomic E-state index is 8.71. The number of pyridine rings is 1. The molecule has 0 aliphatic carbocycles. The fraction of sp³-hybridized carbons (Fsp3) is 0.462. The van der Waals surface area contributed by atoms with Crippen molar-refractivity contribution in [1.29, 1.82) is 0 Å². The first-order chi connectivity index (χ1) is 8.70. The molecule has 18 heavy (non-hydrogen) atoms. The predicted octanol–water partition coefficient (Wildman–Crippen LogP) is 2.06. The minimum absolute atomic E-state index is 0.194. The first-order valence-corrected chi connectivity index (χ1v) is 6.08. The molecule has 0 spiro atoms. The Bertz CT molecular complexity index is 523. The summed E-state index contributed by atoms with van der Waals surface area (Å²) < 4.78 is 5.17. The second kappa shape index (κ2) is 5.73. The molecule has 0 unspecified atom stereocenters. The van der Waals surface area contributed by atoms with Crippen LogP contribution in [0, 0.1) is 13.8 Å². The molecule has 1 N–H and O–H groups in total. The molecule has 0 saturated heterocycles. The van der Waals surface area contributed by atoms with Crippen LogP contribution < -0.4 is 0 Å². The molecular weight excluding hydrogens is 230 g/mol. The van der Waals surface area contributed by atoms with Gasteiger partial charge in [0, 0.05) is 19.2 Å². The summed E-state index contributed by atoms with van der Waals surface area (Å²) in [6.07, 6.45) is 4.08. The van der Waals surface area contributed by atoms with Crippen LogP contribution in [0.1, 0.15) is 29.9 Å². The minimum atomic E-state index is 0.194. The summed E-state index contributed by atoms with van der Waals surface area (Å²) in [6, 6.07) is 2.05. The van der Waals surface area contributed by atoms with Crippen LogP contribution in [-0.4, -0.2) is 26.8 Å². The van der Waals surface area contributed by atoms with E-state index in [0.29, 0.717) is 18.1 Å². The molecule has 5 heteroatoms. The Morgan fingerprint density at radius 2 is 2.11 bits per heavy atom. The van der Waals surface area contributed by atoms with Crippen molar-refractivity contribution in [2.75, 3.05) is 6.61 Å². The topological polar surface area (TPSA) is 72.0 Å². The molecule has 0 saturated carbocycles. The summed E-state index contributed by atoms with van der Waals surface area (Å²) in [4.78, 5) is 8.65. The van der Waals surface area contributed by atoms with Crippen molar-refractivity contribution >= 4 is 0 Å². The largest absolute Gasteiger partial charge is 0.396 e. The van der Waals surface area contributed by atoms with Crippen LogP contribution in [0.25, 0.3) is 11.5 Å². The van der Waals surface area contributed by atoms with E-state index in [2.05, 4.69) is 15.1 Å². The van der Waals surface area contributed by atoms with Crippen molar-refractivity contribution in [2.24, 2.45) is 0 Å². The standard InChI is InChI=1S/C13H17N3O2/c1-9-7-10(2)12(14-8-9)13-15-11(18-16-13)5-3-4-6-17/h7-8,17H,3-6H2,1-2H3. The van der Waals surface area contributed by atoms with Crippen LogP contribution in [0.5, 0.6) is 0 Å². The van der Waals surface area contributed by atoms with Gasteiger partial charge in [0.2, 0.25) is 11.7 Å². The van der Waals surface area contributed by atoms with Crippen LogP contribution in [0.4, 0.5) is 0 Å². The molecule has 2 aromatic rings. The third-order valence-electron chi connectivity index (χ3n) is 2.69. The fourth-order valence-corrected chi connectivity index (χ4v) is 1.79. The second-order valence-electron chi connectivity index (χ2n) is 4.37. The molecule has 0 amide bonds. The summed E-state index contributed by atoms with van der Waals surface area (Å²) in [7, 11) is 0. The highest BCUT2D eigenvalue weighted by molar-refractivity contribution is 5.53.